The van der Waals surface area contributed by atoms with Crippen LogP contribution in [0.2, 0.25) is 0 Å². The van der Waals surface area contributed by atoms with Gasteiger partial charge in [0.05, 0.1) is 6.54 Å². The molecule has 1 saturated heterocycles. The van der Waals surface area contributed by atoms with Gasteiger partial charge in [-0.05, 0) is 31.0 Å². The number of aromatic nitrogens is 2. The Bertz CT molecular complexity index is 915. The quantitative estimate of drug-likeness (QED) is 0.653. The van der Waals surface area contributed by atoms with Gasteiger partial charge in [-0.15, -0.1) is 0 Å². The maximum atomic E-state index is 12.8. The highest BCUT2D eigenvalue weighted by Crippen LogP contribution is 2.23. The van der Waals surface area contributed by atoms with Crippen LogP contribution in [0.5, 0.6) is 0 Å². The first-order valence-corrected chi connectivity index (χ1v) is 9.15. The van der Waals surface area contributed by atoms with Gasteiger partial charge in [0.15, 0.2) is 11.5 Å². The number of hydrogen-bond acceptors (Lipinski definition) is 4. The van der Waals surface area contributed by atoms with Gasteiger partial charge in [-0.3, -0.25) is 14.3 Å². The summed E-state index contributed by atoms with van der Waals surface area (Å²) in [6.45, 7) is 1.56. The Morgan fingerprint density at radius 2 is 1.96 bits per heavy atom. The van der Waals surface area contributed by atoms with Crippen molar-refractivity contribution < 1.29 is 14.0 Å². The average molecular weight is 363 g/mol. The van der Waals surface area contributed by atoms with E-state index in [0.717, 1.165) is 12.8 Å². The predicted molar refractivity (Wildman–Crippen MR) is 99.4 cm³/mol. The molecule has 3 aromatic rings. The van der Waals surface area contributed by atoms with Crippen molar-refractivity contribution in [3.05, 3.63) is 78.0 Å². The number of benzene rings is 1. The Hall–Kier alpha value is -3.15. The third-order valence-corrected chi connectivity index (χ3v) is 4.89. The van der Waals surface area contributed by atoms with E-state index in [2.05, 4.69) is 5.10 Å². The van der Waals surface area contributed by atoms with Crippen molar-refractivity contribution in [1.82, 2.24) is 14.7 Å². The molecule has 1 aliphatic heterocycles. The summed E-state index contributed by atoms with van der Waals surface area (Å²) in [6, 6.07) is 14.6. The van der Waals surface area contributed by atoms with Gasteiger partial charge in [-0.2, -0.15) is 5.10 Å². The van der Waals surface area contributed by atoms with Crippen LogP contribution in [0.3, 0.4) is 0 Å². The smallest absolute Gasteiger partial charge is 0.289 e. The van der Waals surface area contributed by atoms with Crippen molar-refractivity contribution >= 4 is 11.7 Å². The standard InChI is InChI=1S/C21H21N3O3/c25-20(16-6-2-1-3-7-16)17-8-4-12-23(14-17)21(26)19-10-9-18(27-19)15-24-13-5-11-22-24/h1-3,5-7,9-11,13,17H,4,8,12,14-15H2. The van der Waals surface area contributed by atoms with Crippen LogP contribution in [0.15, 0.2) is 65.3 Å². The fourth-order valence-electron chi connectivity index (χ4n) is 3.50. The molecule has 1 atom stereocenters. The molecule has 0 aliphatic carbocycles. The van der Waals surface area contributed by atoms with E-state index < -0.39 is 0 Å². The van der Waals surface area contributed by atoms with Crippen molar-refractivity contribution in [3.8, 4) is 0 Å². The summed E-state index contributed by atoms with van der Waals surface area (Å²) in [4.78, 5) is 27.3. The number of piperidine rings is 1. The number of likely N-dealkylation sites (tertiary alicyclic amines) is 1. The molecule has 0 N–H and O–H groups in total. The number of nitrogens with zero attached hydrogens (tertiary/aromatic N) is 3. The topological polar surface area (TPSA) is 68.3 Å². The fourth-order valence-corrected chi connectivity index (χ4v) is 3.50. The Kier molecular flexibility index (Phi) is 4.87. The molecule has 4 rings (SSSR count). The maximum Gasteiger partial charge on any atom is 0.289 e. The average Bonchev–Trinajstić information content (AvgIpc) is 3.40. The SMILES string of the molecule is O=C(c1ccccc1)C1CCCN(C(=O)c2ccc(Cn3cccn3)o2)C1. The minimum atomic E-state index is -0.163. The van der Waals surface area contributed by atoms with E-state index in [4.69, 9.17) is 4.42 Å². The summed E-state index contributed by atoms with van der Waals surface area (Å²) in [5.74, 6) is 0.767. The number of furan rings is 1. The lowest BCUT2D eigenvalue weighted by atomic mass is 9.90. The molecular formula is C21H21N3O3. The molecule has 0 saturated carbocycles. The summed E-state index contributed by atoms with van der Waals surface area (Å²) < 4.78 is 7.45. The first-order valence-electron chi connectivity index (χ1n) is 9.15. The van der Waals surface area contributed by atoms with E-state index in [0.29, 0.717) is 36.7 Å². The second-order valence-corrected chi connectivity index (χ2v) is 6.79. The van der Waals surface area contributed by atoms with Gasteiger partial charge in [0.2, 0.25) is 0 Å². The third kappa shape index (κ3) is 3.84. The molecule has 6 heteroatoms. The van der Waals surface area contributed by atoms with Crippen LogP contribution in [-0.4, -0.2) is 39.5 Å². The lowest BCUT2D eigenvalue weighted by Gasteiger charge is -2.31. The van der Waals surface area contributed by atoms with Crippen LogP contribution < -0.4 is 0 Å². The highest BCUT2D eigenvalue weighted by molar-refractivity contribution is 5.99. The van der Waals surface area contributed by atoms with Gasteiger partial charge in [-0.1, -0.05) is 30.3 Å². The predicted octanol–water partition coefficient (Wildman–Crippen LogP) is 3.26. The molecule has 2 aromatic heterocycles. The Labute approximate surface area is 157 Å². The van der Waals surface area contributed by atoms with Crippen LogP contribution >= 0.6 is 0 Å². The Morgan fingerprint density at radius 3 is 2.74 bits per heavy atom. The number of Topliss-reactive ketones (excluding diaryl/α,β-unsaturated/α-hetero) is 1. The lowest BCUT2D eigenvalue weighted by molar-refractivity contribution is 0.0609. The third-order valence-electron chi connectivity index (χ3n) is 4.89. The van der Waals surface area contributed by atoms with E-state index in [1.165, 1.54) is 0 Å². The number of amides is 1. The first-order chi connectivity index (χ1) is 13.2. The van der Waals surface area contributed by atoms with E-state index >= 15 is 0 Å². The lowest BCUT2D eigenvalue weighted by Crippen LogP contribution is -2.42. The highest BCUT2D eigenvalue weighted by Gasteiger charge is 2.30. The van der Waals surface area contributed by atoms with Crippen molar-refractivity contribution in [2.75, 3.05) is 13.1 Å². The van der Waals surface area contributed by atoms with E-state index in [1.807, 2.05) is 42.6 Å². The van der Waals surface area contributed by atoms with Gasteiger partial charge in [0.25, 0.3) is 5.91 Å². The van der Waals surface area contributed by atoms with Gasteiger partial charge in [0, 0.05) is 37.0 Å². The molecule has 1 fully saturated rings. The Balaban J connectivity index is 1.43. The zero-order valence-electron chi connectivity index (χ0n) is 15.0. The number of carbonyl (C=O) groups is 2. The molecule has 138 valence electrons. The normalized spacial score (nSPS) is 17.0. The van der Waals surface area contributed by atoms with Crippen LogP contribution in [0.1, 0.15) is 39.5 Å². The number of carbonyl (C=O) groups excluding carboxylic acids is 2. The van der Waals surface area contributed by atoms with Crippen molar-refractivity contribution in [2.45, 2.75) is 19.4 Å². The molecule has 0 spiro atoms. The van der Waals surface area contributed by atoms with Gasteiger partial charge in [-0.25, -0.2) is 0 Å². The fraction of sp³-hybridized carbons (Fsp3) is 0.286. The summed E-state index contributed by atoms with van der Waals surface area (Å²) in [6.07, 6.45) is 5.16. The van der Waals surface area contributed by atoms with E-state index in [9.17, 15) is 9.59 Å². The van der Waals surface area contributed by atoms with Crippen LogP contribution in [0, 0.1) is 5.92 Å². The molecule has 1 unspecified atom stereocenters. The van der Waals surface area contributed by atoms with Crippen molar-refractivity contribution in [2.24, 2.45) is 5.92 Å². The van der Waals surface area contributed by atoms with Gasteiger partial charge >= 0.3 is 0 Å². The maximum absolute atomic E-state index is 12.8. The minimum absolute atomic E-state index is 0.104. The molecule has 1 aliphatic rings. The summed E-state index contributed by atoms with van der Waals surface area (Å²) >= 11 is 0. The zero-order chi connectivity index (χ0) is 18.6. The minimum Gasteiger partial charge on any atom is -0.454 e. The largest absolute Gasteiger partial charge is 0.454 e. The zero-order valence-corrected chi connectivity index (χ0v) is 15.0. The second kappa shape index (κ2) is 7.61. The Morgan fingerprint density at radius 1 is 1.11 bits per heavy atom. The molecule has 27 heavy (non-hydrogen) atoms. The van der Waals surface area contributed by atoms with Crippen molar-refractivity contribution in [1.29, 1.82) is 0 Å². The molecule has 0 radical (unpaired) electrons. The number of ketones is 1. The monoisotopic (exact) mass is 363 g/mol. The van der Waals surface area contributed by atoms with Crippen molar-refractivity contribution in [3.63, 3.8) is 0 Å². The van der Waals surface area contributed by atoms with Crippen LogP contribution in [0.25, 0.3) is 0 Å². The second-order valence-electron chi connectivity index (χ2n) is 6.79. The molecule has 3 heterocycles. The first kappa shape index (κ1) is 17.3. The highest BCUT2D eigenvalue weighted by atomic mass is 16.4. The number of hydrogen-bond donors (Lipinski definition) is 0. The molecule has 1 aromatic carbocycles. The summed E-state index contributed by atoms with van der Waals surface area (Å²) in [7, 11) is 0. The molecular weight excluding hydrogens is 342 g/mol. The van der Waals surface area contributed by atoms with Crippen LogP contribution in [0.4, 0.5) is 0 Å². The van der Waals surface area contributed by atoms with E-state index in [1.54, 1.807) is 27.9 Å². The molecule has 6 nitrogen and oxygen atoms in total. The number of rotatable bonds is 5. The molecule has 1 amide bonds. The summed E-state index contributed by atoms with van der Waals surface area (Å²) in [5, 5.41) is 4.14. The van der Waals surface area contributed by atoms with Crippen LogP contribution in [-0.2, 0) is 6.54 Å². The summed E-state index contributed by atoms with van der Waals surface area (Å²) in [5.41, 5.74) is 0.705. The molecule has 0 bridgehead atoms. The van der Waals surface area contributed by atoms with Gasteiger partial charge < -0.3 is 9.32 Å². The van der Waals surface area contributed by atoms with E-state index in [-0.39, 0.29) is 17.6 Å². The van der Waals surface area contributed by atoms with Gasteiger partial charge in [0.1, 0.15) is 5.76 Å².